The molecule has 0 radical (unpaired) electrons. The van der Waals surface area contributed by atoms with Gasteiger partial charge in [-0.25, -0.2) is 0 Å². The van der Waals surface area contributed by atoms with E-state index in [9.17, 15) is 9.59 Å². The third kappa shape index (κ3) is 5.44. The number of carbonyl (C=O) groups excluding carboxylic acids is 2. The zero-order valence-electron chi connectivity index (χ0n) is 24.8. The van der Waals surface area contributed by atoms with E-state index in [-0.39, 0.29) is 24.0 Å². The summed E-state index contributed by atoms with van der Waals surface area (Å²) >= 11 is 0. The third-order valence-corrected chi connectivity index (χ3v) is 8.01. The Morgan fingerprint density at radius 3 is 2.17 bits per heavy atom. The molecule has 5 rings (SSSR count). The molecule has 2 N–H and O–H groups in total. The lowest BCUT2D eigenvalue weighted by atomic mass is 9.71. The number of ether oxygens (including phenoxy) is 4. The zero-order chi connectivity index (χ0) is 30.0. The van der Waals surface area contributed by atoms with Crippen LogP contribution in [0.5, 0.6) is 23.0 Å². The van der Waals surface area contributed by atoms with Gasteiger partial charge in [0.15, 0.2) is 17.3 Å². The minimum atomic E-state index is -0.657. The Hall–Kier alpha value is -4.72. The van der Waals surface area contributed by atoms with E-state index in [1.165, 1.54) is 0 Å². The summed E-state index contributed by atoms with van der Waals surface area (Å²) in [5.41, 5.74) is 5.93. The van der Waals surface area contributed by atoms with Gasteiger partial charge in [-0.1, -0.05) is 23.8 Å². The number of anilines is 1. The molecular weight excluding hydrogens is 532 g/mol. The SMILES string of the molecule is COc1ccc(OC)c([C@H]2C(C(=O)Nc3ccc(C)cc3)=C(C)NC3=C2C(=O)C[C@@H](c2ccc(OC)c(OC)c2)C3)c1. The molecule has 0 saturated heterocycles. The van der Waals surface area contributed by atoms with Gasteiger partial charge in [0.2, 0.25) is 0 Å². The standard InChI is InChI=1S/C34H36N2O6/c1-19-7-10-23(11-8-19)36-34(38)31-20(2)35-26-15-22(21-9-13-29(41-5)30(17-21)42-6)16-27(37)33(26)32(31)25-18-24(39-3)12-14-28(25)40-4/h7-14,17-18,22,32,35H,15-16H2,1-6H3,(H,36,38)/t22-,32-/m0/s1. The van der Waals surface area contributed by atoms with E-state index in [1.807, 2.05) is 62.4 Å². The highest BCUT2D eigenvalue weighted by Crippen LogP contribution is 2.49. The average molecular weight is 569 g/mol. The second kappa shape index (κ2) is 12.0. The van der Waals surface area contributed by atoms with Gasteiger partial charge < -0.3 is 29.6 Å². The number of benzene rings is 3. The predicted molar refractivity (Wildman–Crippen MR) is 161 cm³/mol. The lowest BCUT2D eigenvalue weighted by molar-refractivity contribution is -0.116. The molecule has 8 nitrogen and oxygen atoms in total. The van der Waals surface area contributed by atoms with Crippen molar-refractivity contribution in [1.82, 2.24) is 5.32 Å². The zero-order valence-corrected chi connectivity index (χ0v) is 24.8. The highest BCUT2D eigenvalue weighted by molar-refractivity contribution is 6.10. The van der Waals surface area contributed by atoms with Gasteiger partial charge >= 0.3 is 0 Å². The summed E-state index contributed by atoms with van der Waals surface area (Å²) in [5, 5.41) is 6.48. The minimum absolute atomic E-state index is 0.0356. The maximum absolute atomic E-state index is 14.1. The van der Waals surface area contributed by atoms with Crippen LogP contribution in [0.15, 0.2) is 83.2 Å². The first kappa shape index (κ1) is 28.8. The summed E-state index contributed by atoms with van der Waals surface area (Å²) in [5.74, 6) is 1.36. The van der Waals surface area contributed by atoms with Gasteiger partial charge in [-0.2, -0.15) is 0 Å². The molecule has 0 saturated carbocycles. The summed E-state index contributed by atoms with van der Waals surface area (Å²) in [4.78, 5) is 28.1. The molecule has 1 amide bonds. The molecule has 2 aliphatic rings. The van der Waals surface area contributed by atoms with Crippen LogP contribution in [0.25, 0.3) is 0 Å². The Kier molecular flexibility index (Phi) is 8.24. The molecule has 0 aromatic heterocycles. The second-order valence-corrected chi connectivity index (χ2v) is 10.6. The monoisotopic (exact) mass is 568 g/mol. The number of methoxy groups -OCH3 is 4. The van der Waals surface area contributed by atoms with Gasteiger partial charge in [-0.15, -0.1) is 0 Å². The van der Waals surface area contributed by atoms with Crippen molar-refractivity contribution in [3.63, 3.8) is 0 Å². The van der Waals surface area contributed by atoms with E-state index in [2.05, 4.69) is 10.6 Å². The highest BCUT2D eigenvalue weighted by atomic mass is 16.5. The fraction of sp³-hybridized carbons (Fsp3) is 0.294. The summed E-state index contributed by atoms with van der Waals surface area (Å²) in [6.07, 6.45) is 0.869. The molecular formula is C34H36N2O6. The first-order valence-corrected chi connectivity index (χ1v) is 13.8. The van der Waals surface area contributed by atoms with E-state index < -0.39 is 5.92 Å². The van der Waals surface area contributed by atoms with Gasteiger partial charge in [0.25, 0.3) is 5.91 Å². The smallest absolute Gasteiger partial charge is 0.254 e. The van der Waals surface area contributed by atoms with E-state index in [0.29, 0.717) is 57.5 Å². The molecule has 0 bridgehead atoms. The van der Waals surface area contributed by atoms with Crippen LogP contribution in [0.4, 0.5) is 5.69 Å². The van der Waals surface area contributed by atoms with Crippen molar-refractivity contribution in [2.45, 2.75) is 38.5 Å². The van der Waals surface area contributed by atoms with Crippen molar-refractivity contribution in [3.05, 3.63) is 99.9 Å². The van der Waals surface area contributed by atoms with Crippen molar-refractivity contribution < 1.29 is 28.5 Å². The number of hydrogen-bond donors (Lipinski definition) is 2. The van der Waals surface area contributed by atoms with Crippen LogP contribution < -0.4 is 29.6 Å². The summed E-state index contributed by atoms with van der Waals surface area (Å²) in [6, 6.07) is 18.8. The van der Waals surface area contributed by atoms with Crippen molar-refractivity contribution in [3.8, 4) is 23.0 Å². The number of rotatable bonds is 8. The molecule has 3 aromatic carbocycles. The molecule has 42 heavy (non-hydrogen) atoms. The largest absolute Gasteiger partial charge is 0.497 e. The third-order valence-electron chi connectivity index (χ3n) is 8.01. The maximum Gasteiger partial charge on any atom is 0.254 e. The van der Waals surface area contributed by atoms with Crippen LogP contribution in [0.3, 0.4) is 0 Å². The molecule has 0 spiro atoms. The van der Waals surface area contributed by atoms with Crippen LogP contribution in [-0.4, -0.2) is 40.1 Å². The lowest BCUT2D eigenvalue weighted by Gasteiger charge is -2.37. The lowest BCUT2D eigenvalue weighted by Crippen LogP contribution is -2.37. The van der Waals surface area contributed by atoms with E-state index in [0.717, 1.165) is 16.8 Å². The summed E-state index contributed by atoms with van der Waals surface area (Å²) in [6.45, 7) is 3.87. The first-order valence-electron chi connectivity index (χ1n) is 13.8. The number of nitrogens with one attached hydrogen (secondary N) is 2. The topological polar surface area (TPSA) is 95.1 Å². The molecule has 8 heteroatoms. The number of allylic oxidation sites excluding steroid dienone is 3. The number of dihydropyridines is 1. The molecule has 2 atom stereocenters. The van der Waals surface area contributed by atoms with E-state index >= 15 is 0 Å². The van der Waals surface area contributed by atoms with Crippen molar-refractivity contribution in [1.29, 1.82) is 0 Å². The number of ketones is 1. The quantitative estimate of drug-likeness (QED) is 0.343. The second-order valence-electron chi connectivity index (χ2n) is 10.6. The van der Waals surface area contributed by atoms with Gasteiger partial charge in [0.05, 0.1) is 34.4 Å². The molecule has 0 fully saturated rings. The average Bonchev–Trinajstić information content (AvgIpc) is 3.00. The van der Waals surface area contributed by atoms with Crippen LogP contribution in [0.2, 0.25) is 0 Å². The molecule has 3 aromatic rings. The van der Waals surface area contributed by atoms with Crippen LogP contribution in [0.1, 0.15) is 48.3 Å². The number of Topliss-reactive ketones (excluding diaryl/α,β-unsaturated/α-hetero) is 1. The fourth-order valence-electron chi connectivity index (χ4n) is 5.89. The molecule has 1 heterocycles. The number of carbonyl (C=O) groups is 2. The van der Waals surface area contributed by atoms with Crippen LogP contribution in [0, 0.1) is 6.92 Å². The Bertz CT molecular complexity index is 1590. The molecule has 0 unspecified atom stereocenters. The van der Waals surface area contributed by atoms with Gasteiger partial charge in [0.1, 0.15) is 11.5 Å². The number of aryl methyl sites for hydroxylation is 1. The van der Waals surface area contributed by atoms with Gasteiger partial charge in [-0.05, 0) is 74.2 Å². The van der Waals surface area contributed by atoms with Crippen molar-refractivity contribution in [2.75, 3.05) is 33.8 Å². The molecule has 1 aliphatic heterocycles. The minimum Gasteiger partial charge on any atom is -0.497 e. The van der Waals surface area contributed by atoms with Gasteiger partial charge in [0, 0.05) is 40.2 Å². The Morgan fingerprint density at radius 1 is 0.810 bits per heavy atom. The predicted octanol–water partition coefficient (Wildman–Crippen LogP) is 6.03. The van der Waals surface area contributed by atoms with Crippen molar-refractivity contribution >= 4 is 17.4 Å². The summed E-state index contributed by atoms with van der Waals surface area (Å²) in [7, 11) is 6.37. The summed E-state index contributed by atoms with van der Waals surface area (Å²) < 4.78 is 22.2. The number of hydrogen-bond acceptors (Lipinski definition) is 7. The molecule has 1 aliphatic carbocycles. The van der Waals surface area contributed by atoms with Crippen LogP contribution >= 0.6 is 0 Å². The van der Waals surface area contributed by atoms with E-state index in [1.54, 1.807) is 40.6 Å². The first-order chi connectivity index (χ1) is 20.3. The Balaban J connectivity index is 1.60. The van der Waals surface area contributed by atoms with Gasteiger partial charge in [-0.3, -0.25) is 9.59 Å². The Labute approximate surface area is 246 Å². The fourth-order valence-corrected chi connectivity index (χ4v) is 5.89. The van der Waals surface area contributed by atoms with Crippen molar-refractivity contribution in [2.24, 2.45) is 0 Å². The molecule has 218 valence electrons. The van der Waals surface area contributed by atoms with Crippen LogP contribution in [-0.2, 0) is 9.59 Å². The highest BCUT2D eigenvalue weighted by Gasteiger charge is 2.42. The number of amides is 1. The Morgan fingerprint density at radius 2 is 1.50 bits per heavy atom. The normalized spacial score (nSPS) is 18.2. The van der Waals surface area contributed by atoms with E-state index in [4.69, 9.17) is 18.9 Å². The maximum atomic E-state index is 14.1.